The molecule has 1 atom stereocenters. The first-order valence-corrected chi connectivity index (χ1v) is 4.49. The van der Waals surface area contributed by atoms with Gasteiger partial charge in [0.25, 0.3) is 0 Å². The van der Waals surface area contributed by atoms with Crippen LogP contribution in [-0.4, -0.2) is 0 Å². The molecule has 0 aromatic heterocycles. The van der Waals surface area contributed by atoms with Crippen LogP contribution in [0.5, 0.6) is 0 Å². The Labute approximate surface area is 91.1 Å². The van der Waals surface area contributed by atoms with E-state index in [1.807, 2.05) is 12.1 Å². The molecule has 1 aromatic rings. The van der Waals surface area contributed by atoms with Crippen LogP contribution in [0, 0.1) is 11.3 Å². The number of rotatable bonds is 3. The molecule has 2 N–H and O–H groups in total. The highest BCUT2D eigenvalue weighted by Crippen LogP contribution is 2.14. The molecule has 1 rings (SSSR count). The number of hydrogen-bond donors (Lipinski definition) is 1. The van der Waals surface area contributed by atoms with Crippen LogP contribution in [0.2, 0.25) is 0 Å². The lowest BCUT2D eigenvalue weighted by molar-refractivity contribution is 0.748. The van der Waals surface area contributed by atoms with Crippen LogP contribution in [0.1, 0.15) is 30.5 Å². The molecule has 0 amide bonds. The van der Waals surface area contributed by atoms with E-state index in [1.54, 1.807) is 0 Å². The van der Waals surface area contributed by atoms with E-state index in [1.165, 1.54) is 5.56 Å². The molecule has 14 heavy (non-hydrogen) atoms. The fourth-order valence-electron chi connectivity index (χ4n) is 1.22. The van der Waals surface area contributed by atoms with Crippen LogP contribution >= 0.6 is 12.4 Å². The molecule has 0 bridgehead atoms. The summed E-state index contributed by atoms with van der Waals surface area (Å²) >= 11 is 0. The maximum Gasteiger partial charge on any atom is 0.0641 e. The van der Waals surface area contributed by atoms with Crippen molar-refractivity contribution >= 4 is 12.4 Å². The monoisotopic (exact) mass is 210 g/mol. The summed E-state index contributed by atoms with van der Waals surface area (Å²) < 4.78 is 0. The van der Waals surface area contributed by atoms with Crippen molar-refractivity contribution < 1.29 is 0 Å². The van der Waals surface area contributed by atoms with Crippen LogP contribution in [-0.2, 0) is 6.42 Å². The van der Waals surface area contributed by atoms with Crippen molar-refractivity contribution in [3.8, 4) is 6.07 Å². The van der Waals surface area contributed by atoms with Crippen LogP contribution in [0.25, 0.3) is 0 Å². The number of nitriles is 1. The highest BCUT2D eigenvalue weighted by Gasteiger charge is 2.03. The van der Waals surface area contributed by atoms with Crippen molar-refractivity contribution in [2.45, 2.75) is 25.8 Å². The quantitative estimate of drug-likeness (QED) is 0.834. The molecular formula is C11H15ClN2. The average molecular weight is 211 g/mol. The third-order valence-electron chi connectivity index (χ3n) is 2.13. The standard InChI is InChI=1S/C11H14N2.ClH/c1-2-9-3-5-10(6-4-9)11(13)7-8-12;/h3-6,11H,2,7,13H2,1H3;1H/t11-;/m0./s1. The summed E-state index contributed by atoms with van der Waals surface area (Å²) in [5, 5.41) is 8.47. The van der Waals surface area contributed by atoms with Crippen molar-refractivity contribution in [2.24, 2.45) is 5.73 Å². The first-order valence-electron chi connectivity index (χ1n) is 4.49. The van der Waals surface area contributed by atoms with E-state index in [0.717, 1.165) is 12.0 Å². The van der Waals surface area contributed by atoms with Gasteiger partial charge in [0.15, 0.2) is 0 Å². The van der Waals surface area contributed by atoms with Crippen LogP contribution in [0.15, 0.2) is 24.3 Å². The lowest BCUT2D eigenvalue weighted by Gasteiger charge is -2.07. The molecule has 0 saturated carbocycles. The molecule has 2 nitrogen and oxygen atoms in total. The Morgan fingerprint density at radius 1 is 1.36 bits per heavy atom. The third kappa shape index (κ3) is 3.37. The molecule has 0 fully saturated rings. The fraction of sp³-hybridized carbons (Fsp3) is 0.364. The van der Waals surface area contributed by atoms with Gasteiger partial charge < -0.3 is 5.73 Å². The Kier molecular flexibility index (Phi) is 5.94. The van der Waals surface area contributed by atoms with Crippen molar-refractivity contribution in [1.82, 2.24) is 0 Å². The fourth-order valence-corrected chi connectivity index (χ4v) is 1.22. The zero-order valence-electron chi connectivity index (χ0n) is 8.23. The second-order valence-corrected chi connectivity index (χ2v) is 3.06. The number of nitrogens with zero attached hydrogens (tertiary/aromatic N) is 1. The molecule has 0 aliphatic rings. The van der Waals surface area contributed by atoms with Gasteiger partial charge in [-0.15, -0.1) is 12.4 Å². The van der Waals surface area contributed by atoms with E-state index in [-0.39, 0.29) is 18.4 Å². The second-order valence-electron chi connectivity index (χ2n) is 3.06. The van der Waals surface area contributed by atoms with Gasteiger partial charge in [-0.05, 0) is 17.5 Å². The predicted octanol–water partition coefficient (Wildman–Crippen LogP) is 2.58. The van der Waals surface area contributed by atoms with E-state index in [4.69, 9.17) is 11.0 Å². The minimum absolute atomic E-state index is 0. The number of hydrogen-bond acceptors (Lipinski definition) is 2. The molecule has 3 heteroatoms. The van der Waals surface area contributed by atoms with E-state index in [0.29, 0.717) is 6.42 Å². The van der Waals surface area contributed by atoms with Gasteiger partial charge in [-0.1, -0.05) is 31.2 Å². The topological polar surface area (TPSA) is 49.8 Å². The van der Waals surface area contributed by atoms with E-state index in [9.17, 15) is 0 Å². The van der Waals surface area contributed by atoms with Crippen molar-refractivity contribution in [1.29, 1.82) is 5.26 Å². The molecule has 0 unspecified atom stereocenters. The highest BCUT2D eigenvalue weighted by atomic mass is 35.5. The summed E-state index contributed by atoms with van der Waals surface area (Å²) in [7, 11) is 0. The Morgan fingerprint density at radius 3 is 2.36 bits per heavy atom. The minimum atomic E-state index is -0.143. The van der Waals surface area contributed by atoms with Gasteiger partial charge in [-0.25, -0.2) is 0 Å². The smallest absolute Gasteiger partial charge is 0.0641 e. The summed E-state index contributed by atoms with van der Waals surface area (Å²) in [5.74, 6) is 0. The third-order valence-corrected chi connectivity index (χ3v) is 2.13. The SMILES string of the molecule is CCc1ccc([C@@H](N)CC#N)cc1.Cl. The molecule has 0 spiro atoms. The largest absolute Gasteiger partial charge is 0.323 e. The van der Waals surface area contributed by atoms with Gasteiger partial charge in [0.2, 0.25) is 0 Å². The summed E-state index contributed by atoms with van der Waals surface area (Å²) in [6, 6.07) is 10.1. The normalized spacial score (nSPS) is 11.2. The summed E-state index contributed by atoms with van der Waals surface area (Å²) in [6.45, 7) is 2.12. The van der Waals surface area contributed by atoms with Gasteiger partial charge in [0, 0.05) is 6.04 Å². The minimum Gasteiger partial charge on any atom is -0.323 e. The Morgan fingerprint density at radius 2 is 1.93 bits per heavy atom. The van der Waals surface area contributed by atoms with Gasteiger partial charge in [-0.2, -0.15) is 5.26 Å². The maximum absolute atomic E-state index is 8.47. The lowest BCUT2D eigenvalue weighted by atomic mass is 10.0. The van der Waals surface area contributed by atoms with Crippen LogP contribution in [0.4, 0.5) is 0 Å². The van der Waals surface area contributed by atoms with E-state index in [2.05, 4.69) is 25.1 Å². The summed E-state index contributed by atoms with van der Waals surface area (Å²) in [5.41, 5.74) is 8.11. The van der Waals surface area contributed by atoms with Crippen molar-refractivity contribution in [2.75, 3.05) is 0 Å². The predicted molar refractivity (Wildman–Crippen MR) is 60.2 cm³/mol. The first kappa shape index (κ1) is 13.0. The highest BCUT2D eigenvalue weighted by molar-refractivity contribution is 5.85. The molecule has 0 heterocycles. The van der Waals surface area contributed by atoms with Gasteiger partial charge in [-0.3, -0.25) is 0 Å². The molecule has 0 radical (unpaired) electrons. The van der Waals surface area contributed by atoms with Crippen molar-refractivity contribution in [3.05, 3.63) is 35.4 Å². The lowest BCUT2D eigenvalue weighted by Crippen LogP contribution is -2.08. The molecule has 0 aliphatic heterocycles. The van der Waals surface area contributed by atoms with Gasteiger partial charge in [0.05, 0.1) is 12.5 Å². The Hall–Kier alpha value is -1.04. The van der Waals surface area contributed by atoms with E-state index < -0.39 is 0 Å². The van der Waals surface area contributed by atoms with Gasteiger partial charge >= 0.3 is 0 Å². The number of halogens is 1. The van der Waals surface area contributed by atoms with Crippen LogP contribution in [0.3, 0.4) is 0 Å². The van der Waals surface area contributed by atoms with Crippen molar-refractivity contribution in [3.63, 3.8) is 0 Å². The summed E-state index contributed by atoms with van der Waals surface area (Å²) in [4.78, 5) is 0. The van der Waals surface area contributed by atoms with Gasteiger partial charge in [0.1, 0.15) is 0 Å². The molecular weight excluding hydrogens is 196 g/mol. The first-order chi connectivity index (χ1) is 6.27. The molecule has 76 valence electrons. The molecule has 0 aliphatic carbocycles. The number of aryl methyl sites for hydroxylation is 1. The zero-order chi connectivity index (χ0) is 9.68. The number of benzene rings is 1. The number of nitrogens with two attached hydrogens (primary N) is 1. The summed E-state index contributed by atoms with van der Waals surface area (Å²) in [6.07, 6.45) is 1.42. The van der Waals surface area contributed by atoms with E-state index >= 15 is 0 Å². The Bertz CT molecular complexity index is 300. The Balaban J connectivity index is 0.00000169. The maximum atomic E-state index is 8.47. The van der Waals surface area contributed by atoms with Crippen LogP contribution < -0.4 is 5.73 Å². The zero-order valence-corrected chi connectivity index (χ0v) is 9.05. The molecule has 0 saturated heterocycles. The second kappa shape index (κ2) is 6.42. The molecule has 1 aromatic carbocycles. The average Bonchev–Trinajstić information content (AvgIpc) is 2.18.